The van der Waals surface area contributed by atoms with Gasteiger partial charge in [-0.05, 0) is 18.6 Å². The van der Waals surface area contributed by atoms with Crippen molar-refractivity contribution in [2.75, 3.05) is 0 Å². The van der Waals surface area contributed by atoms with Gasteiger partial charge in [0.05, 0.1) is 0 Å². The van der Waals surface area contributed by atoms with Crippen molar-refractivity contribution in [1.82, 2.24) is 4.98 Å². The van der Waals surface area contributed by atoms with E-state index in [0.29, 0.717) is 5.89 Å². The fourth-order valence-electron chi connectivity index (χ4n) is 0.887. The lowest BCUT2D eigenvalue weighted by Gasteiger charge is -1.91. The molecule has 0 atom stereocenters. The van der Waals surface area contributed by atoms with Crippen LogP contribution in [0.2, 0.25) is 0 Å². The monoisotopic (exact) mass is 179 g/mol. The molecule has 2 heteroatoms. The summed E-state index contributed by atoms with van der Waals surface area (Å²) in [6.07, 6.45) is 1.67. The van der Waals surface area contributed by atoms with Gasteiger partial charge in [-0.1, -0.05) is 27.0 Å². The molecule has 2 nitrogen and oxygen atoms in total. The van der Waals surface area contributed by atoms with Gasteiger partial charge in [0, 0.05) is 6.92 Å². The molecule has 1 heterocycles. The minimum atomic E-state index is 0.651. The van der Waals surface area contributed by atoms with Crippen molar-refractivity contribution in [2.24, 2.45) is 0 Å². The average Bonchev–Trinajstić information content (AvgIpc) is 2.50. The molecule has 0 aliphatic rings. The normalized spacial score (nSPS) is 8.62. The zero-order valence-electron chi connectivity index (χ0n) is 8.85. The lowest BCUT2D eigenvalue weighted by atomic mass is 10.2. The maximum atomic E-state index is 5.29. The lowest BCUT2D eigenvalue weighted by molar-refractivity contribution is 0.509. The zero-order chi connectivity index (χ0) is 10.4. The number of aryl methyl sites for hydroxylation is 1. The van der Waals surface area contributed by atoms with Crippen LogP contribution in [0.25, 0.3) is 11.6 Å². The van der Waals surface area contributed by atoms with Gasteiger partial charge in [-0.25, -0.2) is 4.98 Å². The molecule has 1 aromatic rings. The minimum absolute atomic E-state index is 0.651. The van der Waals surface area contributed by atoms with Gasteiger partial charge in [0.2, 0.25) is 0 Å². The summed E-state index contributed by atoms with van der Waals surface area (Å²) in [5.41, 5.74) is 1.65. The first kappa shape index (κ1) is 11.7. The highest BCUT2D eigenvalue weighted by molar-refractivity contribution is 5.65. The molecule has 0 aliphatic heterocycles. The predicted molar refractivity (Wildman–Crippen MR) is 57.4 cm³/mol. The van der Waals surface area contributed by atoms with Gasteiger partial charge < -0.3 is 4.42 Å². The minimum Gasteiger partial charge on any atom is -0.441 e. The second kappa shape index (κ2) is 5.36. The first-order chi connectivity index (χ1) is 6.15. The smallest absolute Gasteiger partial charge is 0.192 e. The molecule has 0 N–H and O–H groups in total. The number of aromatic nitrogens is 1. The Morgan fingerprint density at radius 1 is 1.46 bits per heavy atom. The van der Waals surface area contributed by atoms with Crippen LogP contribution >= 0.6 is 0 Å². The molecule has 0 saturated carbocycles. The third-order valence-electron chi connectivity index (χ3n) is 1.34. The molecule has 72 valence electrons. The third kappa shape index (κ3) is 2.90. The molecule has 0 unspecified atom stereocenters. The number of hydrogen-bond acceptors (Lipinski definition) is 2. The maximum Gasteiger partial charge on any atom is 0.192 e. The second-order valence-corrected chi connectivity index (χ2v) is 2.43. The topological polar surface area (TPSA) is 26.0 Å². The summed E-state index contributed by atoms with van der Waals surface area (Å²) in [6, 6.07) is 0. The van der Waals surface area contributed by atoms with Crippen molar-refractivity contribution in [1.29, 1.82) is 0 Å². The number of rotatable bonds is 2. The molecule has 0 fully saturated rings. The lowest BCUT2D eigenvalue weighted by Crippen LogP contribution is -1.77. The molecule has 0 amide bonds. The Morgan fingerprint density at radius 3 is 2.31 bits per heavy atom. The van der Waals surface area contributed by atoms with Crippen LogP contribution in [0, 0.1) is 6.92 Å². The van der Waals surface area contributed by atoms with Crippen LogP contribution in [0.15, 0.2) is 17.6 Å². The Bertz CT molecular complexity index is 297. The Morgan fingerprint density at radius 2 is 2.00 bits per heavy atom. The molecule has 0 spiro atoms. The molecule has 0 bridgehead atoms. The average molecular weight is 179 g/mol. The van der Waals surface area contributed by atoms with Crippen LogP contribution < -0.4 is 0 Å². The van der Waals surface area contributed by atoms with Crippen LogP contribution in [0.3, 0.4) is 0 Å². The van der Waals surface area contributed by atoms with Gasteiger partial charge in [-0.2, -0.15) is 0 Å². The number of nitrogens with zero attached hydrogens (tertiary/aromatic N) is 1. The second-order valence-electron chi connectivity index (χ2n) is 2.43. The fourth-order valence-corrected chi connectivity index (χ4v) is 0.887. The molecule has 0 aliphatic carbocycles. The van der Waals surface area contributed by atoms with Gasteiger partial charge in [-0.15, -0.1) is 0 Å². The molecule has 0 radical (unpaired) electrons. The zero-order valence-corrected chi connectivity index (χ0v) is 8.85. The van der Waals surface area contributed by atoms with E-state index in [2.05, 4.69) is 18.1 Å². The van der Waals surface area contributed by atoms with Crippen LogP contribution in [-0.2, 0) is 0 Å². The molecular weight excluding hydrogens is 162 g/mol. The largest absolute Gasteiger partial charge is 0.441 e. The molecule has 0 saturated heterocycles. The summed E-state index contributed by atoms with van der Waals surface area (Å²) in [7, 11) is 0. The van der Waals surface area contributed by atoms with Gasteiger partial charge in [0.15, 0.2) is 11.7 Å². The fraction of sp³-hybridized carbons (Fsp3) is 0.364. The summed E-state index contributed by atoms with van der Waals surface area (Å²) in [5, 5.41) is 0. The Hall–Kier alpha value is -1.31. The van der Waals surface area contributed by atoms with Crippen molar-refractivity contribution in [2.45, 2.75) is 27.7 Å². The van der Waals surface area contributed by atoms with E-state index in [-0.39, 0.29) is 0 Å². The molecule has 13 heavy (non-hydrogen) atoms. The predicted octanol–water partition coefficient (Wildman–Crippen LogP) is 3.69. The van der Waals surface area contributed by atoms with Crippen molar-refractivity contribution in [3.05, 3.63) is 30.5 Å². The van der Waals surface area contributed by atoms with Gasteiger partial charge >= 0.3 is 0 Å². The highest BCUT2D eigenvalue weighted by Crippen LogP contribution is 2.18. The van der Waals surface area contributed by atoms with E-state index < -0.39 is 0 Å². The van der Waals surface area contributed by atoms with E-state index in [0.717, 1.165) is 17.0 Å². The summed E-state index contributed by atoms with van der Waals surface area (Å²) in [5.74, 6) is 1.38. The van der Waals surface area contributed by atoms with E-state index in [1.807, 2.05) is 20.8 Å². The number of allylic oxidation sites excluding steroid dienone is 1. The maximum absolute atomic E-state index is 5.29. The van der Waals surface area contributed by atoms with Crippen LogP contribution in [-0.4, -0.2) is 4.98 Å². The standard InChI is InChI=1S/C9H11NO.C2H6/c1-5-8-9(6(2)3)11-7(4)10-8;1-2/h5H,1-2H2,3-4H3;1-2H3. The number of oxazole rings is 1. The summed E-state index contributed by atoms with van der Waals surface area (Å²) in [6.45, 7) is 15.1. The van der Waals surface area contributed by atoms with Crippen molar-refractivity contribution in [3.63, 3.8) is 0 Å². The van der Waals surface area contributed by atoms with Gasteiger partial charge in [0.25, 0.3) is 0 Å². The van der Waals surface area contributed by atoms with Crippen LogP contribution in [0.5, 0.6) is 0 Å². The van der Waals surface area contributed by atoms with Crippen LogP contribution in [0.1, 0.15) is 38.1 Å². The van der Waals surface area contributed by atoms with E-state index in [1.165, 1.54) is 0 Å². The Labute approximate surface area is 80.0 Å². The summed E-state index contributed by atoms with van der Waals surface area (Å²) in [4.78, 5) is 4.10. The van der Waals surface area contributed by atoms with Crippen molar-refractivity contribution >= 4 is 11.6 Å². The summed E-state index contributed by atoms with van der Waals surface area (Å²) < 4.78 is 5.29. The van der Waals surface area contributed by atoms with Gasteiger partial charge in [-0.3, -0.25) is 0 Å². The SMILES string of the molecule is C=Cc1nc(C)oc1C(=C)C.CC. The molecule has 0 aromatic carbocycles. The summed E-state index contributed by atoms with van der Waals surface area (Å²) >= 11 is 0. The van der Waals surface area contributed by atoms with E-state index in [9.17, 15) is 0 Å². The van der Waals surface area contributed by atoms with E-state index in [4.69, 9.17) is 4.42 Å². The molecular formula is C11H17NO. The third-order valence-corrected chi connectivity index (χ3v) is 1.34. The molecule has 1 rings (SSSR count). The highest BCUT2D eigenvalue weighted by Gasteiger charge is 2.07. The van der Waals surface area contributed by atoms with E-state index in [1.54, 1.807) is 13.0 Å². The van der Waals surface area contributed by atoms with Crippen molar-refractivity contribution < 1.29 is 4.42 Å². The van der Waals surface area contributed by atoms with Crippen LogP contribution in [0.4, 0.5) is 0 Å². The molecule has 1 aromatic heterocycles. The Balaban J connectivity index is 0.000000671. The van der Waals surface area contributed by atoms with Gasteiger partial charge in [0.1, 0.15) is 5.69 Å². The first-order valence-corrected chi connectivity index (χ1v) is 4.41. The Kier molecular flexibility index (Phi) is 4.82. The highest BCUT2D eigenvalue weighted by atomic mass is 16.4. The van der Waals surface area contributed by atoms with Crippen molar-refractivity contribution in [3.8, 4) is 0 Å². The van der Waals surface area contributed by atoms with E-state index >= 15 is 0 Å². The number of hydrogen-bond donors (Lipinski definition) is 0. The quantitative estimate of drug-likeness (QED) is 0.692. The first-order valence-electron chi connectivity index (χ1n) is 4.41.